The lowest BCUT2D eigenvalue weighted by atomic mass is 10.2. The van der Waals surface area contributed by atoms with Crippen molar-refractivity contribution >= 4 is 11.6 Å². The Kier molecular flexibility index (Phi) is 3.01. The van der Waals surface area contributed by atoms with E-state index in [9.17, 15) is 0 Å². The van der Waals surface area contributed by atoms with Gasteiger partial charge in [0, 0.05) is 17.4 Å². The van der Waals surface area contributed by atoms with Gasteiger partial charge in [0.2, 0.25) is 0 Å². The van der Waals surface area contributed by atoms with Crippen molar-refractivity contribution in [1.82, 2.24) is 15.0 Å². The smallest absolute Gasteiger partial charge is 0.123 e. The fraction of sp³-hybridized carbons (Fsp3) is 0.100. The van der Waals surface area contributed by atoms with Crippen LogP contribution in [0.2, 0.25) is 5.02 Å². The summed E-state index contributed by atoms with van der Waals surface area (Å²) in [7, 11) is 0. The Morgan fingerprint density at radius 3 is 2.60 bits per heavy atom. The molecule has 1 atom stereocenters. The van der Waals surface area contributed by atoms with E-state index >= 15 is 0 Å². The minimum Gasteiger partial charge on any atom is -0.316 e. The number of benzene rings is 1. The first-order chi connectivity index (χ1) is 7.31. The Hall–Kier alpha value is -1.36. The van der Waals surface area contributed by atoms with Gasteiger partial charge in [-0.05, 0) is 17.7 Å². The molecule has 0 aliphatic rings. The van der Waals surface area contributed by atoms with Crippen molar-refractivity contribution < 1.29 is 0 Å². The van der Waals surface area contributed by atoms with E-state index in [1.54, 1.807) is 12.5 Å². The van der Waals surface area contributed by atoms with Crippen LogP contribution in [0, 0.1) is 0 Å². The lowest BCUT2D eigenvalue weighted by Gasteiger charge is -2.17. The van der Waals surface area contributed by atoms with E-state index in [-0.39, 0.29) is 6.17 Å². The Balaban J connectivity index is 2.31. The summed E-state index contributed by atoms with van der Waals surface area (Å²) in [5.74, 6) is 5.50. The molecule has 0 aliphatic carbocycles. The molecular weight excluding hydrogens is 212 g/mol. The highest BCUT2D eigenvalue weighted by molar-refractivity contribution is 6.30. The van der Waals surface area contributed by atoms with Crippen molar-refractivity contribution in [3.8, 4) is 0 Å². The van der Waals surface area contributed by atoms with E-state index in [2.05, 4.69) is 10.4 Å². The van der Waals surface area contributed by atoms with Crippen LogP contribution in [0.1, 0.15) is 11.7 Å². The number of aromatic nitrogens is 2. The lowest BCUT2D eigenvalue weighted by molar-refractivity contribution is 0.481. The molecule has 0 radical (unpaired) electrons. The quantitative estimate of drug-likeness (QED) is 0.612. The zero-order valence-corrected chi connectivity index (χ0v) is 8.72. The predicted molar refractivity (Wildman–Crippen MR) is 59.1 cm³/mol. The Morgan fingerprint density at radius 1 is 1.33 bits per heavy atom. The van der Waals surface area contributed by atoms with Gasteiger partial charge in [0.25, 0.3) is 0 Å². The molecule has 1 aromatic heterocycles. The Bertz CT molecular complexity index is 409. The SMILES string of the molecule is NNC(c1ccc(Cl)cc1)n1ccnc1. The topological polar surface area (TPSA) is 55.9 Å². The second-order valence-corrected chi connectivity index (χ2v) is 3.57. The Morgan fingerprint density at radius 2 is 2.07 bits per heavy atom. The van der Waals surface area contributed by atoms with Gasteiger partial charge in [-0.15, -0.1) is 0 Å². The first-order valence-corrected chi connectivity index (χ1v) is 4.88. The van der Waals surface area contributed by atoms with Gasteiger partial charge in [-0.1, -0.05) is 23.7 Å². The second kappa shape index (κ2) is 4.44. The maximum Gasteiger partial charge on any atom is 0.123 e. The minimum atomic E-state index is -0.121. The van der Waals surface area contributed by atoms with Crippen molar-refractivity contribution in [3.05, 3.63) is 53.6 Å². The molecule has 78 valence electrons. The van der Waals surface area contributed by atoms with Crippen LogP contribution < -0.4 is 11.3 Å². The lowest BCUT2D eigenvalue weighted by Crippen LogP contribution is -2.32. The number of rotatable bonds is 3. The van der Waals surface area contributed by atoms with Crippen LogP contribution >= 0.6 is 11.6 Å². The van der Waals surface area contributed by atoms with E-state index in [0.717, 1.165) is 5.56 Å². The van der Waals surface area contributed by atoms with Crippen LogP contribution in [-0.2, 0) is 0 Å². The summed E-state index contributed by atoms with van der Waals surface area (Å²) >= 11 is 5.81. The fourth-order valence-corrected chi connectivity index (χ4v) is 1.55. The van der Waals surface area contributed by atoms with Crippen molar-refractivity contribution in [2.45, 2.75) is 6.17 Å². The molecule has 0 amide bonds. The maximum atomic E-state index is 5.81. The third-order valence-corrected chi connectivity index (χ3v) is 2.42. The molecule has 0 aliphatic heterocycles. The molecule has 1 unspecified atom stereocenters. The van der Waals surface area contributed by atoms with Crippen molar-refractivity contribution in [2.75, 3.05) is 0 Å². The molecule has 2 rings (SSSR count). The highest BCUT2D eigenvalue weighted by atomic mass is 35.5. The van der Waals surface area contributed by atoms with E-state index in [1.165, 1.54) is 0 Å². The van der Waals surface area contributed by atoms with Gasteiger partial charge in [0.1, 0.15) is 6.17 Å². The van der Waals surface area contributed by atoms with Crippen LogP contribution in [0.25, 0.3) is 0 Å². The summed E-state index contributed by atoms with van der Waals surface area (Å²) in [6.07, 6.45) is 5.14. The summed E-state index contributed by atoms with van der Waals surface area (Å²) < 4.78 is 1.88. The number of hydrogen-bond acceptors (Lipinski definition) is 3. The molecule has 0 fully saturated rings. The summed E-state index contributed by atoms with van der Waals surface area (Å²) in [4.78, 5) is 3.98. The van der Waals surface area contributed by atoms with E-state index < -0.39 is 0 Å². The van der Waals surface area contributed by atoms with Gasteiger partial charge in [-0.25, -0.2) is 10.4 Å². The molecule has 0 spiro atoms. The number of nitrogens with zero attached hydrogens (tertiary/aromatic N) is 2. The van der Waals surface area contributed by atoms with Crippen LogP contribution in [0.3, 0.4) is 0 Å². The minimum absolute atomic E-state index is 0.121. The average molecular weight is 223 g/mol. The Labute approximate surface area is 92.7 Å². The first kappa shape index (κ1) is 10.2. The van der Waals surface area contributed by atoms with Crippen LogP contribution in [0.5, 0.6) is 0 Å². The van der Waals surface area contributed by atoms with Gasteiger partial charge in [0.15, 0.2) is 0 Å². The number of nitrogens with one attached hydrogen (secondary N) is 1. The average Bonchev–Trinajstić information content (AvgIpc) is 2.75. The normalized spacial score (nSPS) is 12.7. The molecule has 15 heavy (non-hydrogen) atoms. The zero-order chi connectivity index (χ0) is 10.7. The third-order valence-electron chi connectivity index (χ3n) is 2.17. The van der Waals surface area contributed by atoms with Gasteiger partial charge in [-0.2, -0.15) is 0 Å². The molecule has 1 aromatic carbocycles. The van der Waals surface area contributed by atoms with Gasteiger partial charge >= 0.3 is 0 Å². The largest absolute Gasteiger partial charge is 0.316 e. The van der Waals surface area contributed by atoms with E-state index in [1.807, 2.05) is 35.0 Å². The van der Waals surface area contributed by atoms with Crippen molar-refractivity contribution in [3.63, 3.8) is 0 Å². The number of hydrazine groups is 1. The molecule has 5 heteroatoms. The number of imidazole rings is 1. The zero-order valence-electron chi connectivity index (χ0n) is 7.97. The third kappa shape index (κ3) is 2.18. The van der Waals surface area contributed by atoms with Crippen LogP contribution in [0.15, 0.2) is 43.0 Å². The molecule has 4 nitrogen and oxygen atoms in total. The maximum absolute atomic E-state index is 5.81. The highest BCUT2D eigenvalue weighted by Crippen LogP contribution is 2.17. The van der Waals surface area contributed by atoms with Crippen LogP contribution in [-0.4, -0.2) is 9.55 Å². The fourth-order valence-electron chi connectivity index (χ4n) is 1.42. The van der Waals surface area contributed by atoms with Gasteiger partial charge in [-0.3, -0.25) is 5.84 Å². The van der Waals surface area contributed by atoms with Gasteiger partial charge in [0.05, 0.1) is 6.33 Å². The second-order valence-electron chi connectivity index (χ2n) is 3.13. The number of hydrogen-bond donors (Lipinski definition) is 2. The molecular formula is C10H11ClN4. The molecule has 2 aromatic rings. The van der Waals surface area contributed by atoms with Crippen molar-refractivity contribution in [1.29, 1.82) is 0 Å². The molecule has 1 heterocycles. The number of nitrogens with two attached hydrogens (primary N) is 1. The highest BCUT2D eigenvalue weighted by Gasteiger charge is 2.09. The molecule has 0 saturated heterocycles. The first-order valence-electron chi connectivity index (χ1n) is 4.50. The summed E-state index contributed by atoms with van der Waals surface area (Å²) in [6, 6.07) is 7.51. The molecule has 0 bridgehead atoms. The number of halogens is 1. The van der Waals surface area contributed by atoms with Crippen LogP contribution in [0.4, 0.5) is 0 Å². The summed E-state index contributed by atoms with van der Waals surface area (Å²) in [5, 5.41) is 0.708. The van der Waals surface area contributed by atoms with E-state index in [0.29, 0.717) is 5.02 Å². The van der Waals surface area contributed by atoms with E-state index in [4.69, 9.17) is 17.4 Å². The van der Waals surface area contributed by atoms with Gasteiger partial charge < -0.3 is 4.57 Å². The monoisotopic (exact) mass is 222 g/mol. The summed E-state index contributed by atoms with van der Waals surface area (Å²) in [6.45, 7) is 0. The standard InChI is InChI=1S/C10H11ClN4/c11-9-3-1-8(2-4-9)10(14-12)15-6-5-13-7-15/h1-7,10,14H,12H2. The predicted octanol–water partition coefficient (Wildman–Crippen LogP) is 1.55. The molecule has 0 saturated carbocycles. The summed E-state index contributed by atoms with van der Waals surface area (Å²) in [5.41, 5.74) is 3.75. The van der Waals surface area contributed by atoms with Crippen molar-refractivity contribution in [2.24, 2.45) is 5.84 Å². The molecule has 3 N–H and O–H groups in total.